The monoisotopic (exact) mass is 261 g/mol. The molecule has 1 saturated carbocycles. The highest BCUT2D eigenvalue weighted by atomic mass is 16.5. The van der Waals surface area contributed by atoms with Crippen LogP contribution in [-0.4, -0.2) is 17.9 Å². The zero-order valence-electron chi connectivity index (χ0n) is 12.0. The van der Waals surface area contributed by atoms with Gasteiger partial charge in [-0.05, 0) is 38.8 Å². The molecule has 19 heavy (non-hydrogen) atoms. The molecule has 0 aromatic heterocycles. The third-order valence-electron chi connectivity index (χ3n) is 4.04. The predicted molar refractivity (Wildman–Crippen MR) is 76.5 cm³/mol. The molecule has 0 amide bonds. The highest BCUT2D eigenvalue weighted by molar-refractivity contribution is 6.03. The number of ether oxygens (including phenoxy) is 1. The van der Waals surface area contributed by atoms with E-state index in [0.717, 1.165) is 19.3 Å². The van der Waals surface area contributed by atoms with E-state index in [2.05, 4.69) is 0 Å². The van der Waals surface area contributed by atoms with E-state index >= 15 is 0 Å². The van der Waals surface area contributed by atoms with Crippen molar-refractivity contribution in [3.05, 3.63) is 29.8 Å². The van der Waals surface area contributed by atoms with Crippen molar-refractivity contribution >= 4 is 5.78 Å². The number of benzene rings is 1. The largest absolute Gasteiger partial charge is 0.490 e. The van der Waals surface area contributed by atoms with Gasteiger partial charge in [-0.25, -0.2) is 0 Å². The molecule has 0 spiro atoms. The van der Waals surface area contributed by atoms with Crippen molar-refractivity contribution in [3.8, 4) is 5.75 Å². The van der Waals surface area contributed by atoms with E-state index in [1.165, 1.54) is 0 Å². The fourth-order valence-electron chi connectivity index (χ4n) is 2.79. The smallest absolute Gasteiger partial charge is 0.173 e. The molecule has 1 aromatic rings. The molecule has 104 valence electrons. The molecule has 2 unspecified atom stereocenters. The second-order valence-corrected chi connectivity index (χ2v) is 5.91. The number of para-hydroxylation sites is 1. The third kappa shape index (κ3) is 2.66. The van der Waals surface area contributed by atoms with Crippen molar-refractivity contribution < 1.29 is 9.53 Å². The van der Waals surface area contributed by atoms with Gasteiger partial charge in [0.1, 0.15) is 5.75 Å². The zero-order valence-corrected chi connectivity index (χ0v) is 12.0. The van der Waals surface area contributed by atoms with Crippen molar-refractivity contribution in [1.82, 2.24) is 0 Å². The first-order valence-corrected chi connectivity index (χ1v) is 7.01. The van der Waals surface area contributed by atoms with Crippen LogP contribution in [0.15, 0.2) is 24.3 Å². The summed E-state index contributed by atoms with van der Waals surface area (Å²) in [5.74, 6) is 0.788. The van der Waals surface area contributed by atoms with E-state index in [-0.39, 0.29) is 17.9 Å². The summed E-state index contributed by atoms with van der Waals surface area (Å²) in [7, 11) is 0. The Morgan fingerprint density at radius 3 is 2.68 bits per heavy atom. The molecule has 2 atom stereocenters. The lowest BCUT2D eigenvalue weighted by Crippen LogP contribution is -2.41. The van der Waals surface area contributed by atoms with E-state index in [1.54, 1.807) is 0 Å². The second-order valence-electron chi connectivity index (χ2n) is 5.91. The van der Waals surface area contributed by atoms with Gasteiger partial charge in [-0.1, -0.05) is 25.5 Å². The number of hydrogen-bond acceptors (Lipinski definition) is 3. The molecular formula is C16H23NO2. The first-order valence-electron chi connectivity index (χ1n) is 7.01. The first kappa shape index (κ1) is 14.1. The van der Waals surface area contributed by atoms with Gasteiger partial charge in [0.05, 0.1) is 11.7 Å². The fourth-order valence-corrected chi connectivity index (χ4v) is 2.79. The van der Waals surface area contributed by atoms with Crippen LogP contribution in [0.5, 0.6) is 5.75 Å². The minimum Gasteiger partial charge on any atom is -0.490 e. The highest BCUT2D eigenvalue weighted by Crippen LogP contribution is 2.41. The maximum absolute atomic E-state index is 12.8. The Kier molecular flexibility index (Phi) is 3.95. The number of hydrogen-bond donors (Lipinski definition) is 1. The van der Waals surface area contributed by atoms with Crippen molar-refractivity contribution in [2.24, 2.45) is 11.1 Å². The van der Waals surface area contributed by atoms with Crippen molar-refractivity contribution in [2.45, 2.75) is 52.2 Å². The molecule has 1 aromatic carbocycles. The summed E-state index contributed by atoms with van der Waals surface area (Å²) >= 11 is 0. The molecular weight excluding hydrogens is 238 g/mol. The Bertz CT molecular complexity index is 470. The average Bonchev–Trinajstić information content (AvgIpc) is 2.70. The Hall–Kier alpha value is -1.35. The minimum atomic E-state index is -0.448. The van der Waals surface area contributed by atoms with Crippen molar-refractivity contribution in [2.75, 3.05) is 0 Å². The van der Waals surface area contributed by atoms with Gasteiger partial charge in [0.2, 0.25) is 0 Å². The number of carbonyl (C=O) groups is 1. The van der Waals surface area contributed by atoms with Gasteiger partial charge >= 0.3 is 0 Å². The SMILES string of the molecule is CC(C)Oc1ccccc1C(=O)C1(C)CCCC1N. The van der Waals surface area contributed by atoms with Gasteiger partial charge in [-0.15, -0.1) is 0 Å². The van der Waals surface area contributed by atoms with Crippen LogP contribution in [-0.2, 0) is 0 Å². The minimum absolute atomic E-state index is 0.0490. The molecule has 1 fully saturated rings. The van der Waals surface area contributed by atoms with Crippen molar-refractivity contribution in [1.29, 1.82) is 0 Å². The number of rotatable bonds is 4. The van der Waals surface area contributed by atoms with E-state index < -0.39 is 5.41 Å². The van der Waals surface area contributed by atoms with E-state index in [4.69, 9.17) is 10.5 Å². The quantitative estimate of drug-likeness (QED) is 0.847. The highest BCUT2D eigenvalue weighted by Gasteiger charge is 2.43. The molecule has 0 saturated heterocycles. The third-order valence-corrected chi connectivity index (χ3v) is 4.04. The van der Waals surface area contributed by atoms with Gasteiger partial charge < -0.3 is 10.5 Å². The van der Waals surface area contributed by atoms with Crippen LogP contribution in [0.4, 0.5) is 0 Å². The predicted octanol–water partition coefficient (Wildman–Crippen LogP) is 3.17. The van der Waals surface area contributed by atoms with Gasteiger partial charge in [0, 0.05) is 11.5 Å². The van der Waals surface area contributed by atoms with Crippen LogP contribution < -0.4 is 10.5 Å². The number of Topliss-reactive ketones (excluding diaryl/α,β-unsaturated/α-hetero) is 1. The van der Waals surface area contributed by atoms with Gasteiger partial charge in [0.25, 0.3) is 0 Å². The lowest BCUT2D eigenvalue weighted by atomic mass is 9.78. The molecule has 0 radical (unpaired) electrons. The summed E-state index contributed by atoms with van der Waals surface area (Å²) in [4.78, 5) is 12.8. The van der Waals surface area contributed by atoms with Gasteiger partial charge in [-0.3, -0.25) is 4.79 Å². The summed E-state index contributed by atoms with van der Waals surface area (Å²) in [6, 6.07) is 7.43. The van der Waals surface area contributed by atoms with Crippen LogP contribution in [0.3, 0.4) is 0 Å². The van der Waals surface area contributed by atoms with Gasteiger partial charge in [0.15, 0.2) is 5.78 Å². The summed E-state index contributed by atoms with van der Waals surface area (Å²) in [5.41, 5.74) is 6.36. The summed E-state index contributed by atoms with van der Waals surface area (Å²) in [6.45, 7) is 5.91. The molecule has 2 N–H and O–H groups in total. The van der Waals surface area contributed by atoms with E-state index in [1.807, 2.05) is 45.0 Å². The molecule has 3 nitrogen and oxygen atoms in total. The maximum Gasteiger partial charge on any atom is 0.173 e. The molecule has 0 bridgehead atoms. The summed E-state index contributed by atoms with van der Waals surface area (Å²) < 4.78 is 5.74. The summed E-state index contributed by atoms with van der Waals surface area (Å²) in [5, 5.41) is 0. The second kappa shape index (κ2) is 5.33. The molecule has 2 rings (SSSR count). The topological polar surface area (TPSA) is 52.3 Å². The Morgan fingerprint density at radius 2 is 2.11 bits per heavy atom. The lowest BCUT2D eigenvalue weighted by Gasteiger charge is -2.28. The first-order chi connectivity index (χ1) is 8.95. The number of ketones is 1. The van der Waals surface area contributed by atoms with E-state index in [9.17, 15) is 4.79 Å². The van der Waals surface area contributed by atoms with Gasteiger partial charge in [-0.2, -0.15) is 0 Å². The Morgan fingerprint density at radius 1 is 1.42 bits per heavy atom. The van der Waals surface area contributed by atoms with Crippen molar-refractivity contribution in [3.63, 3.8) is 0 Å². The maximum atomic E-state index is 12.8. The molecule has 0 heterocycles. The zero-order chi connectivity index (χ0) is 14.0. The molecule has 3 heteroatoms. The average molecular weight is 261 g/mol. The molecule has 0 aliphatic heterocycles. The lowest BCUT2D eigenvalue weighted by molar-refractivity contribution is 0.0796. The van der Waals surface area contributed by atoms with E-state index in [0.29, 0.717) is 11.3 Å². The number of carbonyl (C=O) groups excluding carboxylic acids is 1. The Balaban J connectivity index is 2.33. The van der Waals surface area contributed by atoms with Crippen LogP contribution >= 0.6 is 0 Å². The molecule has 1 aliphatic carbocycles. The van der Waals surface area contributed by atoms with Crippen LogP contribution in [0, 0.1) is 5.41 Å². The van der Waals surface area contributed by atoms with Crippen LogP contribution in [0.1, 0.15) is 50.4 Å². The summed E-state index contributed by atoms with van der Waals surface area (Å²) in [6.07, 6.45) is 2.87. The number of nitrogens with two attached hydrogens (primary N) is 1. The Labute approximate surface area is 115 Å². The standard InChI is InChI=1S/C16H23NO2/c1-11(2)19-13-8-5-4-7-12(13)15(18)16(3)10-6-9-14(16)17/h4-5,7-8,11,14H,6,9-10,17H2,1-3H3. The van der Waals surface area contributed by atoms with Crippen LogP contribution in [0.25, 0.3) is 0 Å². The molecule has 1 aliphatic rings. The normalized spacial score (nSPS) is 26.7. The fraction of sp³-hybridized carbons (Fsp3) is 0.562. The van der Waals surface area contributed by atoms with Crippen LogP contribution in [0.2, 0.25) is 0 Å².